The molecule has 0 rings (SSSR count). The largest absolute Gasteiger partial charge is 0.469 e. The normalized spacial score (nSPS) is 11.1. The topological polar surface area (TPSA) is 139 Å². The van der Waals surface area contributed by atoms with Crippen LogP contribution in [0.1, 0.15) is 26.7 Å². The molecule has 0 aromatic carbocycles. The number of phosphoric acid groups is 1. The van der Waals surface area contributed by atoms with Gasteiger partial charge >= 0.3 is 13.9 Å². The second kappa shape index (κ2) is 10.1. The lowest BCUT2D eigenvalue weighted by molar-refractivity contribution is -0.122. The first-order valence-electron chi connectivity index (χ1n) is 5.63. The van der Waals surface area contributed by atoms with Crippen LogP contribution in [0.4, 0.5) is 4.79 Å². The number of imide groups is 1. The minimum atomic E-state index is -4.25. The lowest BCUT2D eigenvalue weighted by Crippen LogP contribution is -2.46. The number of hydrogen-bond acceptors (Lipinski definition) is 4. The number of halogens is 1. The molecule has 0 atom stereocenters. The predicted molar refractivity (Wildman–Crippen MR) is 78.2 cm³/mol. The van der Waals surface area contributed by atoms with Crippen LogP contribution in [0.2, 0.25) is 0 Å². The van der Waals surface area contributed by atoms with Gasteiger partial charge in [-0.1, -0.05) is 35.9 Å². The van der Waals surface area contributed by atoms with Crippen molar-refractivity contribution in [3.63, 3.8) is 0 Å². The van der Waals surface area contributed by atoms with Crippen molar-refractivity contribution in [2.24, 2.45) is 5.73 Å². The van der Waals surface area contributed by atoms with Gasteiger partial charge in [0.1, 0.15) is 4.32 Å². The molecule has 0 bridgehead atoms. The molecule has 10 heteroatoms. The molecule has 118 valence electrons. The van der Waals surface area contributed by atoms with E-state index in [-0.39, 0.29) is 12.5 Å². The molecule has 5 N–H and O–H groups in total. The van der Waals surface area contributed by atoms with Crippen molar-refractivity contribution in [2.75, 3.05) is 6.61 Å². The van der Waals surface area contributed by atoms with Crippen molar-refractivity contribution in [3.8, 4) is 0 Å². The third kappa shape index (κ3) is 11.1. The van der Waals surface area contributed by atoms with E-state index in [0.29, 0.717) is 12.8 Å². The molecular formula is C10H20BrN2O6P. The van der Waals surface area contributed by atoms with Gasteiger partial charge < -0.3 is 15.5 Å². The van der Waals surface area contributed by atoms with Crippen LogP contribution < -0.4 is 11.1 Å². The first kappa shape index (κ1) is 21.6. The number of phosphoric ester groups is 1. The van der Waals surface area contributed by atoms with Gasteiger partial charge in [-0.05, 0) is 12.8 Å². The molecule has 0 fully saturated rings. The van der Waals surface area contributed by atoms with Crippen molar-refractivity contribution in [1.29, 1.82) is 0 Å². The molecule has 0 aliphatic carbocycles. The van der Waals surface area contributed by atoms with Gasteiger partial charge in [0.2, 0.25) is 5.91 Å². The fraction of sp³-hybridized carbons (Fsp3) is 0.600. The maximum atomic E-state index is 11.3. The smallest absolute Gasteiger partial charge is 0.351 e. The fourth-order valence-electron chi connectivity index (χ4n) is 0.945. The molecule has 0 saturated heterocycles. The van der Waals surface area contributed by atoms with E-state index in [1.165, 1.54) is 6.08 Å². The van der Waals surface area contributed by atoms with Gasteiger partial charge in [-0.3, -0.25) is 14.6 Å². The van der Waals surface area contributed by atoms with E-state index in [2.05, 4.69) is 27.0 Å². The lowest BCUT2D eigenvalue weighted by Gasteiger charge is -2.21. The summed E-state index contributed by atoms with van der Waals surface area (Å²) in [6.07, 6.45) is 2.49. The minimum absolute atomic E-state index is 0.121. The van der Waals surface area contributed by atoms with Crippen LogP contribution in [0.5, 0.6) is 0 Å². The Morgan fingerprint density at radius 2 is 1.90 bits per heavy atom. The first-order valence-corrected chi connectivity index (χ1v) is 7.95. The van der Waals surface area contributed by atoms with Crippen LogP contribution in [0.3, 0.4) is 0 Å². The Hall–Kier alpha value is -0.730. The van der Waals surface area contributed by atoms with Crippen LogP contribution in [-0.4, -0.2) is 32.7 Å². The number of carbonyl (C=O) groups excluding carboxylic acids is 2. The summed E-state index contributed by atoms with van der Waals surface area (Å²) < 4.78 is 13.1. The van der Waals surface area contributed by atoms with E-state index in [1.807, 2.05) is 19.2 Å². The molecule has 0 radical (unpaired) electrons. The van der Waals surface area contributed by atoms with E-state index < -0.39 is 18.2 Å². The highest BCUT2D eigenvalue weighted by Crippen LogP contribution is 2.35. The van der Waals surface area contributed by atoms with E-state index in [9.17, 15) is 14.2 Å². The van der Waals surface area contributed by atoms with Gasteiger partial charge in [0.15, 0.2) is 0 Å². The summed E-state index contributed by atoms with van der Waals surface area (Å²) in [7, 11) is -4.25. The number of rotatable bonds is 6. The molecule has 8 nitrogen and oxygen atoms in total. The van der Waals surface area contributed by atoms with Gasteiger partial charge in [-0.2, -0.15) is 0 Å². The SMILES string of the molecule is C=CCOP(=O)(O)O.CCC(Br)(CC)C(=O)NC(N)=O. The van der Waals surface area contributed by atoms with Gasteiger partial charge in [0, 0.05) is 0 Å². The Balaban J connectivity index is 0. The number of amides is 3. The Morgan fingerprint density at radius 3 is 2.10 bits per heavy atom. The first-order chi connectivity index (χ1) is 9.02. The molecule has 3 amide bonds. The van der Waals surface area contributed by atoms with E-state index in [1.54, 1.807) is 0 Å². The summed E-state index contributed by atoms with van der Waals surface area (Å²) in [6.45, 7) is 6.79. The molecule has 0 aromatic rings. The minimum Gasteiger partial charge on any atom is -0.351 e. The molecule has 0 aromatic heterocycles. The van der Waals surface area contributed by atoms with Crippen LogP contribution in [0.25, 0.3) is 0 Å². The van der Waals surface area contributed by atoms with Crippen molar-refractivity contribution < 1.29 is 28.5 Å². The predicted octanol–water partition coefficient (Wildman–Crippen LogP) is 1.42. The fourth-order valence-corrected chi connectivity index (χ4v) is 1.34. The standard InChI is InChI=1S/C7H13BrN2O2.C3H7O4P/c1-3-7(8,4-2)5(11)10-6(9)12;1-2-3-7-8(4,5)6/h3-4H2,1-2H3,(H3,9,10,11,12);2H,1,3H2,(H2,4,5,6). The Bertz CT molecular complexity index is 380. The quantitative estimate of drug-likeness (QED) is 0.315. The number of primary amides is 1. The number of nitrogens with one attached hydrogen (secondary N) is 1. The van der Waals surface area contributed by atoms with Crippen molar-refractivity contribution in [2.45, 2.75) is 31.0 Å². The second-order valence-electron chi connectivity index (χ2n) is 3.57. The van der Waals surface area contributed by atoms with Crippen molar-refractivity contribution >= 4 is 35.7 Å². The molecule has 0 heterocycles. The molecule has 0 unspecified atom stereocenters. The summed E-state index contributed by atoms with van der Waals surface area (Å²) >= 11 is 3.26. The Labute approximate surface area is 126 Å². The van der Waals surface area contributed by atoms with Crippen LogP contribution in [0.15, 0.2) is 12.7 Å². The highest BCUT2D eigenvalue weighted by molar-refractivity contribution is 9.10. The molecule has 0 saturated carbocycles. The van der Waals surface area contributed by atoms with Crippen molar-refractivity contribution in [1.82, 2.24) is 5.32 Å². The number of urea groups is 1. The van der Waals surface area contributed by atoms with Crippen molar-refractivity contribution in [3.05, 3.63) is 12.7 Å². The highest BCUT2D eigenvalue weighted by Gasteiger charge is 2.32. The zero-order valence-corrected chi connectivity index (χ0v) is 13.8. The van der Waals surface area contributed by atoms with E-state index >= 15 is 0 Å². The maximum absolute atomic E-state index is 11.3. The Morgan fingerprint density at radius 1 is 1.45 bits per heavy atom. The summed E-state index contributed by atoms with van der Waals surface area (Å²) in [6, 6.07) is -0.814. The highest BCUT2D eigenvalue weighted by atomic mass is 79.9. The number of alkyl halides is 1. The van der Waals surface area contributed by atoms with Crippen LogP contribution in [0, 0.1) is 0 Å². The van der Waals surface area contributed by atoms with Gasteiger partial charge in [0.25, 0.3) is 0 Å². The summed E-state index contributed by atoms with van der Waals surface area (Å²) in [4.78, 5) is 37.6. The van der Waals surface area contributed by atoms with Crippen LogP contribution >= 0.6 is 23.8 Å². The third-order valence-corrected chi connectivity index (χ3v) is 4.09. The van der Waals surface area contributed by atoms with Gasteiger partial charge in [0.05, 0.1) is 6.61 Å². The van der Waals surface area contributed by atoms with Crippen LogP contribution in [-0.2, 0) is 13.9 Å². The van der Waals surface area contributed by atoms with E-state index in [4.69, 9.17) is 15.5 Å². The molecule has 0 aliphatic heterocycles. The Kier molecular flexibility index (Phi) is 10.9. The molecule has 20 heavy (non-hydrogen) atoms. The lowest BCUT2D eigenvalue weighted by atomic mass is 10.0. The summed E-state index contributed by atoms with van der Waals surface area (Å²) in [5.74, 6) is -0.375. The average molecular weight is 375 g/mol. The average Bonchev–Trinajstić information content (AvgIpc) is 2.34. The number of nitrogens with two attached hydrogens (primary N) is 1. The molecular weight excluding hydrogens is 355 g/mol. The monoisotopic (exact) mass is 374 g/mol. The molecule has 0 aliphatic rings. The number of carbonyl (C=O) groups is 2. The van der Waals surface area contributed by atoms with Gasteiger partial charge in [-0.25, -0.2) is 9.36 Å². The maximum Gasteiger partial charge on any atom is 0.469 e. The number of hydrogen-bond donors (Lipinski definition) is 4. The molecule has 0 spiro atoms. The zero-order chi connectivity index (χ0) is 16.4. The zero-order valence-electron chi connectivity index (χ0n) is 11.3. The summed E-state index contributed by atoms with van der Waals surface area (Å²) in [5, 5.41) is 2.04. The second-order valence-corrected chi connectivity index (χ2v) is 6.32. The third-order valence-electron chi connectivity index (χ3n) is 2.13. The van der Waals surface area contributed by atoms with E-state index in [0.717, 1.165) is 0 Å². The summed E-state index contributed by atoms with van der Waals surface area (Å²) in [5.41, 5.74) is 4.81. The van der Waals surface area contributed by atoms with Gasteiger partial charge in [-0.15, -0.1) is 6.58 Å².